The third kappa shape index (κ3) is 4.43. The summed E-state index contributed by atoms with van der Waals surface area (Å²) in [6, 6.07) is 12.0. The second-order valence-electron chi connectivity index (χ2n) is 5.72. The van der Waals surface area contributed by atoms with Crippen molar-refractivity contribution >= 4 is 12.2 Å². The number of aliphatic hydroxyl groups is 1. The van der Waals surface area contributed by atoms with Gasteiger partial charge >= 0.3 is 0 Å². The molecular formula is C19H23NO2. The summed E-state index contributed by atoms with van der Waals surface area (Å²) < 4.78 is 1.62. The normalized spacial score (nSPS) is 11.5. The summed E-state index contributed by atoms with van der Waals surface area (Å²) in [6.07, 6.45) is 6.33. The Morgan fingerprint density at radius 1 is 1.09 bits per heavy atom. The molecular weight excluding hydrogens is 274 g/mol. The van der Waals surface area contributed by atoms with Gasteiger partial charge in [-0.05, 0) is 35.1 Å². The first-order valence-corrected chi connectivity index (χ1v) is 7.69. The van der Waals surface area contributed by atoms with Crippen LogP contribution in [0.5, 0.6) is 0 Å². The van der Waals surface area contributed by atoms with Crippen LogP contribution in [-0.4, -0.2) is 16.3 Å². The molecule has 0 saturated heterocycles. The Bertz CT molecular complexity index is 681. The first kappa shape index (κ1) is 16.2. The summed E-state index contributed by atoms with van der Waals surface area (Å²) >= 11 is 0. The highest BCUT2D eigenvalue weighted by Gasteiger charge is 1.98. The van der Waals surface area contributed by atoms with Gasteiger partial charge in [0.1, 0.15) is 0 Å². The number of benzene rings is 1. The SMILES string of the molecule is CC(C)c1ccc(/C=C/c2ccn(CCCO)c(=O)c2)cc1. The minimum absolute atomic E-state index is 0.0363. The summed E-state index contributed by atoms with van der Waals surface area (Å²) in [5, 5.41) is 8.81. The summed E-state index contributed by atoms with van der Waals surface area (Å²) in [5.74, 6) is 0.532. The number of pyridine rings is 1. The van der Waals surface area contributed by atoms with Crippen molar-refractivity contribution in [2.24, 2.45) is 0 Å². The van der Waals surface area contributed by atoms with Crippen molar-refractivity contribution in [3.05, 3.63) is 69.6 Å². The number of aliphatic hydroxyl groups excluding tert-OH is 1. The number of hydrogen-bond donors (Lipinski definition) is 1. The van der Waals surface area contributed by atoms with Crippen LogP contribution in [0.15, 0.2) is 47.4 Å². The molecule has 1 aromatic heterocycles. The Kier molecular flexibility index (Phi) is 5.73. The highest BCUT2D eigenvalue weighted by atomic mass is 16.3. The molecule has 0 spiro atoms. The second kappa shape index (κ2) is 7.76. The molecule has 0 aliphatic carbocycles. The lowest BCUT2D eigenvalue weighted by Crippen LogP contribution is -2.19. The van der Waals surface area contributed by atoms with Gasteiger partial charge < -0.3 is 9.67 Å². The summed E-state index contributed by atoms with van der Waals surface area (Å²) in [6.45, 7) is 5.00. The maximum atomic E-state index is 11.9. The minimum Gasteiger partial charge on any atom is -0.396 e. The van der Waals surface area contributed by atoms with Crippen LogP contribution < -0.4 is 5.56 Å². The Balaban J connectivity index is 2.09. The molecule has 1 N–H and O–H groups in total. The van der Waals surface area contributed by atoms with Crippen LogP contribution in [0.25, 0.3) is 12.2 Å². The van der Waals surface area contributed by atoms with Gasteiger partial charge in [-0.1, -0.05) is 50.3 Å². The zero-order chi connectivity index (χ0) is 15.9. The fourth-order valence-corrected chi connectivity index (χ4v) is 2.24. The highest BCUT2D eigenvalue weighted by Crippen LogP contribution is 2.16. The molecule has 0 radical (unpaired) electrons. The van der Waals surface area contributed by atoms with Gasteiger partial charge in [0, 0.05) is 25.4 Å². The highest BCUT2D eigenvalue weighted by molar-refractivity contribution is 5.69. The maximum absolute atomic E-state index is 11.9. The van der Waals surface area contributed by atoms with Crippen LogP contribution in [0, 0.1) is 0 Å². The van der Waals surface area contributed by atoms with E-state index in [4.69, 9.17) is 5.11 Å². The molecule has 0 unspecified atom stereocenters. The van der Waals surface area contributed by atoms with E-state index in [0.29, 0.717) is 18.9 Å². The van der Waals surface area contributed by atoms with E-state index < -0.39 is 0 Å². The molecule has 0 amide bonds. The zero-order valence-corrected chi connectivity index (χ0v) is 13.2. The standard InChI is InChI=1S/C19H23NO2/c1-15(2)18-8-6-16(7-9-18)4-5-17-10-12-20(11-3-13-21)19(22)14-17/h4-10,12,14-15,21H,3,11,13H2,1-2H3/b5-4+. The maximum Gasteiger partial charge on any atom is 0.251 e. The Labute approximate surface area is 131 Å². The predicted octanol–water partition coefficient (Wildman–Crippen LogP) is 3.52. The molecule has 0 fully saturated rings. The first-order chi connectivity index (χ1) is 10.6. The van der Waals surface area contributed by atoms with E-state index in [1.165, 1.54) is 5.56 Å². The second-order valence-corrected chi connectivity index (χ2v) is 5.72. The molecule has 116 valence electrons. The van der Waals surface area contributed by atoms with Crippen molar-refractivity contribution in [3.8, 4) is 0 Å². The van der Waals surface area contributed by atoms with E-state index in [1.54, 1.807) is 16.8 Å². The average Bonchev–Trinajstić information content (AvgIpc) is 2.52. The smallest absolute Gasteiger partial charge is 0.251 e. The third-order valence-corrected chi connectivity index (χ3v) is 3.65. The van der Waals surface area contributed by atoms with Crippen LogP contribution in [0.1, 0.15) is 42.9 Å². The van der Waals surface area contributed by atoms with Gasteiger partial charge in [-0.2, -0.15) is 0 Å². The van der Waals surface area contributed by atoms with Crippen LogP contribution in [0.4, 0.5) is 0 Å². The van der Waals surface area contributed by atoms with Crippen LogP contribution >= 0.6 is 0 Å². The summed E-state index contributed by atoms with van der Waals surface area (Å²) in [7, 11) is 0. The summed E-state index contributed by atoms with van der Waals surface area (Å²) in [4.78, 5) is 11.9. The third-order valence-electron chi connectivity index (χ3n) is 3.65. The van der Waals surface area contributed by atoms with E-state index in [1.807, 2.05) is 18.2 Å². The molecule has 0 atom stereocenters. The average molecular weight is 297 g/mol. The van der Waals surface area contributed by atoms with Gasteiger partial charge in [0.15, 0.2) is 0 Å². The number of hydrogen-bond acceptors (Lipinski definition) is 2. The molecule has 2 rings (SSSR count). The van der Waals surface area contributed by atoms with E-state index in [9.17, 15) is 4.79 Å². The van der Waals surface area contributed by atoms with Crippen molar-refractivity contribution in [2.45, 2.75) is 32.7 Å². The van der Waals surface area contributed by atoms with Crippen molar-refractivity contribution in [2.75, 3.05) is 6.61 Å². The van der Waals surface area contributed by atoms with E-state index in [2.05, 4.69) is 38.1 Å². The Morgan fingerprint density at radius 3 is 2.36 bits per heavy atom. The molecule has 1 heterocycles. The Morgan fingerprint density at radius 2 is 1.77 bits per heavy atom. The number of aromatic nitrogens is 1. The molecule has 1 aromatic carbocycles. The molecule has 0 aliphatic heterocycles. The lowest BCUT2D eigenvalue weighted by atomic mass is 10.0. The predicted molar refractivity (Wildman–Crippen MR) is 91.9 cm³/mol. The number of aryl methyl sites for hydroxylation is 1. The quantitative estimate of drug-likeness (QED) is 0.886. The largest absolute Gasteiger partial charge is 0.396 e. The van der Waals surface area contributed by atoms with Gasteiger partial charge in [-0.25, -0.2) is 0 Å². The fourth-order valence-electron chi connectivity index (χ4n) is 2.24. The molecule has 0 bridgehead atoms. The van der Waals surface area contributed by atoms with Gasteiger partial charge in [-0.3, -0.25) is 4.79 Å². The van der Waals surface area contributed by atoms with Gasteiger partial charge in [0.2, 0.25) is 0 Å². The molecule has 0 aliphatic rings. The lowest BCUT2D eigenvalue weighted by molar-refractivity contribution is 0.279. The van der Waals surface area contributed by atoms with Crippen LogP contribution in [-0.2, 0) is 6.54 Å². The van der Waals surface area contributed by atoms with E-state index >= 15 is 0 Å². The van der Waals surface area contributed by atoms with Gasteiger partial charge in [-0.15, -0.1) is 0 Å². The van der Waals surface area contributed by atoms with E-state index in [0.717, 1.165) is 11.1 Å². The van der Waals surface area contributed by atoms with Crippen molar-refractivity contribution < 1.29 is 5.11 Å². The summed E-state index contributed by atoms with van der Waals surface area (Å²) in [5.41, 5.74) is 3.29. The van der Waals surface area contributed by atoms with E-state index in [-0.39, 0.29) is 12.2 Å². The Hall–Kier alpha value is -2.13. The fraction of sp³-hybridized carbons (Fsp3) is 0.316. The van der Waals surface area contributed by atoms with Crippen LogP contribution in [0.2, 0.25) is 0 Å². The van der Waals surface area contributed by atoms with Crippen LogP contribution in [0.3, 0.4) is 0 Å². The van der Waals surface area contributed by atoms with Gasteiger partial charge in [0.25, 0.3) is 5.56 Å². The molecule has 0 saturated carbocycles. The molecule has 22 heavy (non-hydrogen) atoms. The zero-order valence-electron chi connectivity index (χ0n) is 13.2. The van der Waals surface area contributed by atoms with Crippen molar-refractivity contribution in [1.82, 2.24) is 4.57 Å². The monoisotopic (exact) mass is 297 g/mol. The minimum atomic E-state index is -0.0363. The molecule has 2 aromatic rings. The van der Waals surface area contributed by atoms with Crippen molar-refractivity contribution in [1.29, 1.82) is 0 Å². The topological polar surface area (TPSA) is 42.2 Å². The number of nitrogens with zero attached hydrogens (tertiary/aromatic N) is 1. The molecule has 3 nitrogen and oxygen atoms in total. The molecule has 3 heteroatoms. The number of rotatable bonds is 6. The van der Waals surface area contributed by atoms with Gasteiger partial charge in [0.05, 0.1) is 0 Å². The first-order valence-electron chi connectivity index (χ1n) is 7.69. The van der Waals surface area contributed by atoms with Crippen molar-refractivity contribution in [3.63, 3.8) is 0 Å². The lowest BCUT2D eigenvalue weighted by Gasteiger charge is -2.05.